The first-order valence-corrected chi connectivity index (χ1v) is 3.33. The van der Waals surface area contributed by atoms with E-state index in [4.69, 9.17) is 0 Å². The van der Waals surface area contributed by atoms with E-state index in [-0.39, 0.29) is 6.03 Å². The molecule has 0 saturated carbocycles. The van der Waals surface area contributed by atoms with Crippen LogP contribution in [0.4, 0.5) is 4.79 Å². The number of amides is 2. The summed E-state index contributed by atoms with van der Waals surface area (Å²) in [5.74, 6) is 0. The number of likely N-dealkylation sites (N-methyl/N-ethyl adjacent to an activating group) is 1. The minimum Gasteiger partial charge on any atom is -0.341 e. The largest absolute Gasteiger partial charge is 0.341 e. The molecule has 0 spiro atoms. The van der Waals surface area contributed by atoms with Gasteiger partial charge in [-0.2, -0.15) is 0 Å². The molecule has 60 valence electrons. The van der Waals surface area contributed by atoms with Crippen LogP contribution >= 0.6 is 0 Å². The van der Waals surface area contributed by atoms with Gasteiger partial charge in [-0.15, -0.1) is 0 Å². The van der Waals surface area contributed by atoms with Crippen molar-refractivity contribution in [1.82, 2.24) is 16.0 Å². The van der Waals surface area contributed by atoms with Crippen molar-refractivity contribution in [2.75, 3.05) is 20.6 Å². The highest BCUT2D eigenvalue weighted by Crippen LogP contribution is 1.73. The molecular formula is C6H15N3O. The normalized spacial score (nSPS) is 12.3. The Bertz CT molecular complexity index is 105. The zero-order valence-electron chi connectivity index (χ0n) is 6.69. The van der Waals surface area contributed by atoms with Gasteiger partial charge in [0.1, 0.15) is 0 Å². The third-order valence-corrected chi connectivity index (χ3v) is 1.29. The van der Waals surface area contributed by atoms with Crippen LogP contribution in [0.1, 0.15) is 6.92 Å². The lowest BCUT2D eigenvalue weighted by Crippen LogP contribution is -2.41. The molecule has 0 aromatic heterocycles. The molecule has 2 amide bonds. The second-order valence-electron chi connectivity index (χ2n) is 2.15. The van der Waals surface area contributed by atoms with Crippen molar-refractivity contribution >= 4 is 6.03 Å². The van der Waals surface area contributed by atoms with Crippen LogP contribution in [0.25, 0.3) is 0 Å². The Morgan fingerprint density at radius 1 is 1.50 bits per heavy atom. The van der Waals surface area contributed by atoms with Crippen LogP contribution in [0.15, 0.2) is 0 Å². The number of hydrogen-bond donors (Lipinski definition) is 3. The predicted molar refractivity (Wildman–Crippen MR) is 41.0 cm³/mol. The number of carbonyl (C=O) groups excluding carboxylic acids is 1. The molecule has 0 saturated heterocycles. The minimum absolute atomic E-state index is 0.137. The van der Waals surface area contributed by atoms with Crippen molar-refractivity contribution in [3.8, 4) is 0 Å². The number of nitrogens with one attached hydrogen (secondary N) is 3. The molecule has 0 bridgehead atoms. The molecular weight excluding hydrogens is 130 g/mol. The summed E-state index contributed by atoms with van der Waals surface area (Å²) in [5, 5.41) is 8.14. The summed E-state index contributed by atoms with van der Waals surface area (Å²) in [4.78, 5) is 10.6. The van der Waals surface area contributed by atoms with E-state index >= 15 is 0 Å². The summed E-state index contributed by atoms with van der Waals surface area (Å²) in [7, 11) is 3.45. The van der Waals surface area contributed by atoms with Gasteiger partial charge in [0, 0.05) is 19.6 Å². The zero-order valence-corrected chi connectivity index (χ0v) is 6.69. The molecule has 0 aromatic carbocycles. The average Bonchev–Trinajstić information content (AvgIpc) is 1.99. The van der Waals surface area contributed by atoms with Crippen LogP contribution in [0.2, 0.25) is 0 Å². The second kappa shape index (κ2) is 5.05. The topological polar surface area (TPSA) is 53.2 Å². The Kier molecular flexibility index (Phi) is 4.66. The number of rotatable bonds is 3. The van der Waals surface area contributed by atoms with E-state index in [2.05, 4.69) is 16.0 Å². The summed E-state index contributed by atoms with van der Waals surface area (Å²) in [6.45, 7) is 2.64. The highest BCUT2D eigenvalue weighted by molar-refractivity contribution is 5.73. The van der Waals surface area contributed by atoms with Gasteiger partial charge >= 0.3 is 6.03 Å². The summed E-state index contributed by atoms with van der Waals surface area (Å²) in [6, 6.07) is 0.180. The number of carbonyl (C=O) groups is 1. The molecule has 0 aromatic rings. The van der Waals surface area contributed by atoms with E-state index in [1.807, 2.05) is 14.0 Å². The minimum atomic E-state index is -0.137. The predicted octanol–water partition coefficient (Wildman–Crippen LogP) is -0.477. The van der Waals surface area contributed by atoms with Crippen molar-refractivity contribution in [1.29, 1.82) is 0 Å². The highest BCUT2D eigenvalue weighted by atomic mass is 16.2. The standard InChI is InChI=1S/C6H15N3O/c1-5(7-2)4-9-6(10)8-3/h5,7H,4H2,1-3H3,(H2,8,9,10). The summed E-state index contributed by atoms with van der Waals surface area (Å²) >= 11 is 0. The fourth-order valence-corrected chi connectivity index (χ4v) is 0.436. The fourth-order valence-electron chi connectivity index (χ4n) is 0.436. The van der Waals surface area contributed by atoms with Gasteiger partial charge in [0.15, 0.2) is 0 Å². The van der Waals surface area contributed by atoms with E-state index < -0.39 is 0 Å². The lowest BCUT2D eigenvalue weighted by atomic mass is 10.3. The molecule has 0 rings (SSSR count). The summed E-state index contributed by atoms with van der Waals surface area (Å²) < 4.78 is 0. The smallest absolute Gasteiger partial charge is 0.314 e. The Hall–Kier alpha value is -0.770. The second-order valence-corrected chi connectivity index (χ2v) is 2.15. The van der Waals surface area contributed by atoms with Crippen molar-refractivity contribution in [2.45, 2.75) is 13.0 Å². The first kappa shape index (κ1) is 9.23. The van der Waals surface area contributed by atoms with Crippen LogP contribution in [0.3, 0.4) is 0 Å². The third-order valence-electron chi connectivity index (χ3n) is 1.29. The first-order valence-electron chi connectivity index (χ1n) is 3.33. The molecule has 0 aliphatic rings. The van der Waals surface area contributed by atoms with Gasteiger partial charge in [0.25, 0.3) is 0 Å². The molecule has 0 radical (unpaired) electrons. The van der Waals surface area contributed by atoms with Gasteiger partial charge in [-0.25, -0.2) is 4.79 Å². The molecule has 10 heavy (non-hydrogen) atoms. The Morgan fingerprint density at radius 3 is 2.50 bits per heavy atom. The van der Waals surface area contributed by atoms with Crippen molar-refractivity contribution in [3.05, 3.63) is 0 Å². The average molecular weight is 145 g/mol. The quantitative estimate of drug-likeness (QED) is 0.502. The molecule has 4 heteroatoms. The SMILES string of the molecule is CNC(=O)NCC(C)NC. The molecule has 1 atom stereocenters. The zero-order chi connectivity index (χ0) is 7.98. The highest BCUT2D eigenvalue weighted by Gasteiger charge is 1.98. The number of urea groups is 1. The van der Waals surface area contributed by atoms with Crippen LogP contribution < -0.4 is 16.0 Å². The molecule has 0 fully saturated rings. The molecule has 0 aliphatic heterocycles. The first-order chi connectivity index (χ1) is 4.70. The van der Waals surface area contributed by atoms with E-state index in [1.165, 1.54) is 0 Å². The van der Waals surface area contributed by atoms with E-state index in [0.29, 0.717) is 12.6 Å². The van der Waals surface area contributed by atoms with Gasteiger partial charge in [-0.3, -0.25) is 0 Å². The summed E-state index contributed by atoms with van der Waals surface area (Å²) in [6.07, 6.45) is 0. The van der Waals surface area contributed by atoms with E-state index in [9.17, 15) is 4.79 Å². The van der Waals surface area contributed by atoms with Crippen LogP contribution in [0.5, 0.6) is 0 Å². The van der Waals surface area contributed by atoms with E-state index in [1.54, 1.807) is 7.05 Å². The maximum atomic E-state index is 10.6. The van der Waals surface area contributed by atoms with Crippen LogP contribution in [-0.2, 0) is 0 Å². The van der Waals surface area contributed by atoms with Gasteiger partial charge in [-0.05, 0) is 14.0 Å². The molecule has 0 heterocycles. The maximum absolute atomic E-state index is 10.6. The Morgan fingerprint density at radius 2 is 2.10 bits per heavy atom. The fraction of sp³-hybridized carbons (Fsp3) is 0.833. The van der Waals surface area contributed by atoms with Crippen LogP contribution in [-0.4, -0.2) is 32.7 Å². The van der Waals surface area contributed by atoms with Crippen molar-refractivity contribution in [2.24, 2.45) is 0 Å². The van der Waals surface area contributed by atoms with Gasteiger partial charge in [0.2, 0.25) is 0 Å². The number of hydrogen-bond acceptors (Lipinski definition) is 2. The summed E-state index contributed by atoms with van der Waals surface area (Å²) in [5.41, 5.74) is 0. The lowest BCUT2D eigenvalue weighted by molar-refractivity contribution is 0.242. The Balaban J connectivity index is 3.26. The monoisotopic (exact) mass is 145 g/mol. The maximum Gasteiger partial charge on any atom is 0.314 e. The molecule has 1 unspecified atom stereocenters. The third kappa shape index (κ3) is 4.14. The van der Waals surface area contributed by atoms with E-state index in [0.717, 1.165) is 0 Å². The van der Waals surface area contributed by atoms with Crippen LogP contribution in [0, 0.1) is 0 Å². The Labute approximate surface area is 61.4 Å². The molecule has 3 N–H and O–H groups in total. The van der Waals surface area contributed by atoms with Gasteiger partial charge in [0.05, 0.1) is 0 Å². The molecule has 0 aliphatic carbocycles. The van der Waals surface area contributed by atoms with Gasteiger partial charge < -0.3 is 16.0 Å². The lowest BCUT2D eigenvalue weighted by Gasteiger charge is -2.10. The molecule has 4 nitrogen and oxygen atoms in total. The van der Waals surface area contributed by atoms with Crippen molar-refractivity contribution < 1.29 is 4.79 Å². The van der Waals surface area contributed by atoms with Gasteiger partial charge in [-0.1, -0.05) is 0 Å². The van der Waals surface area contributed by atoms with Crippen molar-refractivity contribution in [3.63, 3.8) is 0 Å².